The van der Waals surface area contributed by atoms with Gasteiger partial charge in [-0.3, -0.25) is 0 Å². The number of hydrogen-bond donors (Lipinski definition) is 1. The van der Waals surface area contributed by atoms with Gasteiger partial charge in [-0.25, -0.2) is 4.39 Å². The summed E-state index contributed by atoms with van der Waals surface area (Å²) in [5.41, 5.74) is 2.56. The van der Waals surface area contributed by atoms with Crippen LogP contribution in [0.5, 0.6) is 0 Å². The highest BCUT2D eigenvalue weighted by molar-refractivity contribution is 6.31. The van der Waals surface area contributed by atoms with Crippen LogP contribution in [0.4, 0.5) is 4.39 Å². The second-order valence-electron chi connectivity index (χ2n) is 3.49. The van der Waals surface area contributed by atoms with Gasteiger partial charge in [0.1, 0.15) is 5.82 Å². The molecule has 0 bridgehead atoms. The smallest absolute Gasteiger partial charge is 0.141 e. The number of benzene rings is 2. The van der Waals surface area contributed by atoms with Crippen molar-refractivity contribution in [3.63, 3.8) is 0 Å². The third-order valence-electron chi connectivity index (χ3n) is 2.36. The van der Waals surface area contributed by atoms with E-state index in [2.05, 4.69) is 0 Å². The molecule has 0 atom stereocenters. The van der Waals surface area contributed by atoms with E-state index in [9.17, 15) is 4.39 Å². The van der Waals surface area contributed by atoms with Crippen molar-refractivity contribution >= 4 is 11.6 Å². The summed E-state index contributed by atoms with van der Waals surface area (Å²) in [7, 11) is 0. The van der Waals surface area contributed by atoms with E-state index in [0.717, 1.165) is 16.7 Å². The fourth-order valence-corrected chi connectivity index (χ4v) is 1.71. The Hall–Kier alpha value is -1.38. The molecule has 3 heteroatoms. The van der Waals surface area contributed by atoms with E-state index in [1.165, 1.54) is 6.07 Å². The van der Waals surface area contributed by atoms with Crippen LogP contribution < -0.4 is 0 Å². The van der Waals surface area contributed by atoms with Crippen molar-refractivity contribution in [3.8, 4) is 11.1 Å². The zero-order chi connectivity index (χ0) is 11.5. The third-order valence-corrected chi connectivity index (χ3v) is 2.65. The molecular formula is C13H10ClFO. The van der Waals surface area contributed by atoms with E-state index in [0.29, 0.717) is 0 Å². The Kier molecular flexibility index (Phi) is 3.22. The molecule has 0 amide bonds. The number of aliphatic hydroxyl groups is 1. The first-order chi connectivity index (χ1) is 7.70. The fourth-order valence-electron chi connectivity index (χ4n) is 1.52. The largest absolute Gasteiger partial charge is 0.392 e. The summed E-state index contributed by atoms with van der Waals surface area (Å²) >= 11 is 5.71. The minimum absolute atomic E-state index is 0.0111. The molecule has 0 fully saturated rings. The van der Waals surface area contributed by atoms with Gasteiger partial charge in [0, 0.05) is 0 Å². The van der Waals surface area contributed by atoms with Gasteiger partial charge in [-0.2, -0.15) is 0 Å². The second kappa shape index (κ2) is 4.64. The summed E-state index contributed by atoms with van der Waals surface area (Å²) in [5.74, 6) is -0.427. The zero-order valence-corrected chi connectivity index (χ0v) is 9.21. The van der Waals surface area contributed by atoms with Crippen LogP contribution in [0.2, 0.25) is 5.02 Å². The summed E-state index contributed by atoms with van der Waals surface area (Å²) < 4.78 is 13.0. The molecule has 0 aliphatic carbocycles. The summed E-state index contributed by atoms with van der Waals surface area (Å²) in [6.07, 6.45) is 0. The minimum Gasteiger partial charge on any atom is -0.392 e. The van der Waals surface area contributed by atoms with Crippen molar-refractivity contribution in [1.82, 2.24) is 0 Å². The van der Waals surface area contributed by atoms with Gasteiger partial charge in [-0.05, 0) is 34.9 Å². The predicted octanol–water partition coefficient (Wildman–Crippen LogP) is 3.64. The summed E-state index contributed by atoms with van der Waals surface area (Å²) in [6, 6.07) is 12.0. The lowest BCUT2D eigenvalue weighted by atomic mass is 10.0. The van der Waals surface area contributed by atoms with Crippen LogP contribution in [0.25, 0.3) is 11.1 Å². The molecule has 1 N–H and O–H groups in total. The van der Waals surface area contributed by atoms with Crippen molar-refractivity contribution in [2.45, 2.75) is 6.61 Å². The zero-order valence-electron chi connectivity index (χ0n) is 8.45. The highest BCUT2D eigenvalue weighted by Crippen LogP contribution is 2.25. The van der Waals surface area contributed by atoms with E-state index >= 15 is 0 Å². The van der Waals surface area contributed by atoms with Crippen LogP contribution in [-0.4, -0.2) is 5.11 Å². The van der Waals surface area contributed by atoms with E-state index in [4.69, 9.17) is 16.7 Å². The molecule has 2 rings (SSSR count). The maximum atomic E-state index is 13.0. The molecule has 0 spiro atoms. The average molecular weight is 237 g/mol. The van der Waals surface area contributed by atoms with Gasteiger partial charge in [0.25, 0.3) is 0 Å². The van der Waals surface area contributed by atoms with Crippen molar-refractivity contribution in [2.24, 2.45) is 0 Å². The summed E-state index contributed by atoms with van der Waals surface area (Å²) in [5, 5.41) is 9.13. The Morgan fingerprint density at radius 2 is 1.81 bits per heavy atom. The molecule has 82 valence electrons. The quantitative estimate of drug-likeness (QED) is 0.844. The maximum absolute atomic E-state index is 13.0. The van der Waals surface area contributed by atoms with E-state index in [1.807, 2.05) is 24.3 Å². The number of halogens is 2. The van der Waals surface area contributed by atoms with Gasteiger partial charge in [-0.15, -0.1) is 0 Å². The first-order valence-corrected chi connectivity index (χ1v) is 5.24. The van der Waals surface area contributed by atoms with Gasteiger partial charge in [0.15, 0.2) is 0 Å². The van der Waals surface area contributed by atoms with Crippen LogP contribution in [0.1, 0.15) is 5.56 Å². The Morgan fingerprint density at radius 3 is 2.50 bits per heavy atom. The predicted molar refractivity (Wildman–Crippen MR) is 62.8 cm³/mol. The first kappa shape index (κ1) is 11.1. The monoisotopic (exact) mass is 236 g/mol. The van der Waals surface area contributed by atoms with Crippen LogP contribution in [0.15, 0.2) is 42.5 Å². The van der Waals surface area contributed by atoms with Crippen molar-refractivity contribution in [2.75, 3.05) is 0 Å². The molecule has 1 nitrogen and oxygen atoms in total. The minimum atomic E-state index is -0.427. The number of hydrogen-bond acceptors (Lipinski definition) is 1. The van der Waals surface area contributed by atoms with E-state index in [-0.39, 0.29) is 11.6 Å². The van der Waals surface area contributed by atoms with Gasteiger partial charge in [-0.1, -0.05) is 35.9 Å². The molecule has 0 aliphatic rings. The standard InChI is InChI=1S/C13H10ClFO/c14-12-7-11(4-5-13(12)15)10-3-1-2-9(6-10)8-16/h1-7,16H,8H2. The molecule has 0 saturated heterocycles. The average Bonchev–Trinajstić information content (AvgIpc) is 2.33. The van der Waals surface area contributed by atoms with E-state index < -0.39 is 5.82 Å². The maximum Gasteiger partial charge on any atom is 0.141 e. The highest BCUT2D eigenvalue weighted by atomic mass is 35.5. The van der Waals surface area contributed by atoms with Gasteiger partial charge >= 0.3 is 0 Å². The topological polar surface area (TPSA) is 20.2 Å². The molecule has 0 aromatic heterocycles. The lowest BCUT2D eigenvalue weighted by molar-refractivity contribution is 0.282. The van der Waals surface area contributed by atoms with Crippen molar-refractivity contribution in [1.29, 1.82) is 0 Å². The molecule has 0 unspecified atom stereocenters. The normalized spacial score (nSPS) is 10.4. The van der Waals surface area contributed by atoms with Gasteiger partial charge in [0.2, 0.25) is 0 Å². The van der Waals surface area contributed by atoms with Crippen LogP contribution in [0, 0.1) is 5.82 Å². The molecule has 0 saturated carbocycles. The molecule has 0 heterocycles. The highest BCUT2D eigenvalue weighted by Gasteiger charge is 2.03. The SMILES string of the molecule is OCc1cccc(-c2ccc(F)c(Cl)c2)c1. The lowest BCUT2D eigenvalue weighted by Gasteiger charge is -2.04. The molecule has 2 aromatic carbocycles. The van der Waals surface area contributed by atoms with Crippen molar-refractivity contribution in [3.05, 3.63) is 58.9 Å². The molecule has 16 heavy (non-hydrogen) atoms. The molecule has 0 aliphatic heterocycles. The number of aliphatic hydroxyl groups excluding tert-OH is 1. The first-order valence-electron chi connectivity index (χ1n) is 4.86. The van der Waals surface area contributed by atoms with Gasteiger partial charge in [0.05, 0.1) is 11.6 Å². The third kappa shape index (κ3) is 2.23. The van der Waals surface area contributed by atoms with E-state index in [1.54, 1.807) is 12.1 Å². The van der Waals surface area contributed by atoms with Crippen LogP contribution in [0.3, 0.4) is 0 Å². The van der Waals surface area contributed by atoms with Gasteiger partial charge < -0.3 is 5.11 Å². The Labute approximate surface area is 98.1 Å². The molecule has 2 aromatic rings. The summed E-state index contributed by atoms with van der Waals surface area (Å²) in [6.45, 7) is -0.0111. The summed E-state index contributed by atoms with van der Waals surface area (Å²) in [4.78, 5) is 0. The Morgan fingerprint density at radius 1 is 1.06 bits per heavy atom. The fraction of sp³-hybridized carbons (Fsp3) is 0.0769. The van der Waals surface area contributed by atoms with Crippen molar-refractivity contribution < 1.29 is 9.50 Å². The Balaban J connectivity index is 2.46. The van der Waals surface area contributed by atoms with Crippen LogP contribution >= 0.6 is 11.6 Å². The lowest BCUT2D eigenvalue weighted by Crippen LogP contribution is -1.85. The number of rotatable bonds is 2. The van der Waals surface area contributed by atoms with Crippen LogP contribution in [-0.2, 0) is 6.61 Å². The molecule has 0 radical (unpaired) electrons. The molecular weight excluding hydrogens is 227 g/mol. The second-order valence-corrected chi connectivity index (χ2v) is 3.89. The Bertz CT molecular complexity index is 511.